The highest BCUT2D eigenvalue weighted by atomic mass is 19.1. The minimum Gasteiger partial charge on any atom is -0.330 e. The van der Waals surface area contributed by atoms with Gasteiger partial charge in [0.05, 0.1) is 0 Å². The molecule has 1 unspecified atom stereocenters. The number of benzene rings is 1. The molecule has 0 aliphatic carbocycles. The van der Waals surface area contributed by atoms with E-state index in [0.717, 1.165) is 63.0 Å². The second-order valence-electron chi connectivity index (χ2n) is 6.99. The lowest BCUT2D eigenvalue weighted by Gasteiger charge is -2.31. The smallest absolute Gasteiger partial charge is 0.254 e. The maximum absolute atomic E-state index is 14.6. The van der Waals surface area contributed by atoms with Gasteiger partial charge in [-0.05, 0) is 68.4 Å². The molecule has 1 aromatic carbocycles. The number of fused-ring (bicyclic) bond motifs is 1. The molecule has 0 saturated carbocycles. The van der Waals surface area contributed by atoms with Gasteiger partial charge in [0.1, 0.15) is 5.82 Å². The highest BCUT2D eigenvalue weighted by Gasteiger charge is 2.35. The van der Waals surface area contributed by atoms with Crippen LogP contribution in [-0.4, -0.2) is 43.0 Å². The summed E-state index contributed by atoms with van der Waals surface area (Å²) in [4.78, 5) is 14.6. The Balaban J connectivity index is 1.60. The zero-order valence-electron chi connectivity index (χ0n) is 13.4. The van der Waals surface area contributed by atoms with E-state index in [4.69, 9.17) is 0 Å². The molecule has 0 aromatic heterocycles. The van der Waals surface area contributed by atoms with Gasteiger partial charge < -0.3 is 15.5 Å². The van der Waals surface area contributed by atoms with Crippen LogP contribution in [0.1, 0.15) is 53.1 Å². The quantitative estimate of drug-likeness (QED) is 0.877. The molecule has 0 radical (unpaired) electrons. The zero-order valence-corrected chi connectivity index (χ0v) is 13.4. The SMILES string of the molecule is O=C1c2cc(F)c(C3CCNCC3)cc2CN1C1CCCNC1. The fraction of sp³-hybridized carbons (Fsp3) is 0.611. The molecule has 2 saturated heterocycles. The van der Waals surface area contributed by atoms with E-state index in [1.165, 1.54) is 6.07 Å². The lowest BCUT2D eigenvalue weighted by atomic mass is 9.88. The molecule has 1 atom stereocenters. The molecule has 5 heteroatoms. The van der Waals surface area contributed by atoms with Crippen LogP contribution in [0.5, 0.6) is 0 Å². The molecule has 1 aromatic rings. The van der Waals surface area contributed by atoms with Crippen molar-refractivity contribution in [3.63, 3.8) is 0 Å². The Kier molecular flexibility index (Phi) is 4.07. The number of hydrogen-bond donors (Lipinski definition) is 2. The van der Waals surface area contributed by atoms with Crippen molar-refractivity contribution in [3.8, 4) is 0 Å². The van der Waals surface area contributed by atoms with Crippen molar-refractivity contribution in [3.05, 3.63) is 34.6 Å². The van der Waals surface area contributed by atoms with Crippen LogP contribution in [0.25, 0.3) is 0 Å². The molecule has 124 valence electrons. The molecule has 3 aliphatic rings. The van der Waals surface area contributed by atoms with Crippen LogP contribution in [0, 0.1) is 5.82 Å². The van der Waals surface area contributed by atoms with E-state index in [0.29, 0.717) is 12.1 Å². The first-order chi connectivity index (χ1) is 11.2. The maximum atomic E-state index is 14.6. The van der Waals surface area contributed by atoms with Crippen molar-refractivity contribution in [2.45, 2.75) is 44.2 Å². The van der Waals surface area contributed by atoms with Gasteiger partial charge in [-0.25, -0.2) is 4.39 Å². The fourth-order valence-electron chi connectivity index (χ4n) is 4.22. The number of halogens is 1. The zero-order chi connectivity index (χ0) is 15.8. The lowest BCUT2D eigenvalue weighted by Crippen LogP contribution is -2.46. The third-order valence-electron chi connectivity index (χ3n) is 5.55. The van der Waals surface area contributed by atoms with Crippen molar-refractivity contribution in [2.75, 3.05) is 26.2 Å². The largest absolute Gasteiger partial charge is 0.330 e. The summed E-state index contributed by atoms with van der Waals surface area (Å²) in [5.41, 5.74) is 2.39. The first kappa shape index (κ1) is 15.1. The van der Waals surface area contributed by atoms with E-state index in [1.807, 2.05) is 11.0 Å². The normalized spacial score (nSPS) is 25.7. The average Bonchev–Trinajstić information content (AvgIpc) is 2.92. The molecule has 0 spiro atoms. The number of piperidine rings is 2. The van der Waals surface area contributed by atoms with Crippen molar-refractivity contribution >= 4 is 5.91 Å². The first-order valence-electron chi connectivity index (χ1n) is 8.79. The van der Waals surface area contributed by atoms with Crippen LogP contribution in [0.3, 0.4) is 0 Å². The third kappa shape index (κ3) is 2.76. The highest BCUT2D eigenvalue weighted by Crippen LogP contribution is 2.34. The average molecular weight is 317 g/mol. The Hall–Kier alpha value is -1.46. The Morgan fingerprint density at radius 3 is 2.65 bits per heavy atom. The molecular formula is C18H24FN3O. The summed E-state index contributed by atoms with van der Waals surface area (Å²) in [6.45, 7) is 4.40. The summed E-state index contributed by atoms with van der Waals surface area (Å²) >= 11 is 0. The van der Waals surface area contributed by atoms with Gasteiger partial charge >= 0.3 is 0 Å². The van der Waals surface area contributed by atoms with Gasteiger partial charge in [0.2, 0.25) is 0 Å². The van der Waals surface area contributed by atoms with E-state index >= 15 is 0 Å². The Bertz CT molecular complexity index is 607. The maximum Gasteiger partial charge on any atom is 0.254 e. The van der Waals surface area contributed by atoms with Crippen LogP contribution in [0.4, 0.5) is 4.39 Å². The Morgan fingerprint density at radius 2 is 1.91 bits per heavy atom. The summed E-state index contributed by atoms with van der Waals surface area (Å²) in [5.74, 6) is 0.0825. The van der Waals surface area contributed by atoms with Gasteiger partial charge in [-0.1, -0.05) is 6.07 Å². The minimum absolute atomic E-state index is 0.00413. The molecule has 23 heavy (non-hydrogen) atoms. The minimum atomic E-state index is -0.201. The van der Waals surface area contributed by atoms with Gasteiger partial charge in [0.15, 0.2) is 0 Å². The van der Waals surface area contributed by atoms with Gasteiger partial charge in [0.25, 0.3) is 5.91 Å². The summed E-state index contributed by atoms with van der Waals surface area (Å²) in [7, 11) is 0. The lowest BCUT2D eigenvalue weighted by molar-refractivity contribution is 0.0674. The van der Waals surface area contributed by atoms with Gasteiger partial charge in [-0.2, -0.15) is 0 Å². The third-order valence-corrected chi connectivity index (χ3v) is 5.55. The highest BCUT2D eigenvalue weighted by molar-refractivity contribution is 5.98. The summed E-state index contributed by atoms with van der Waals surface area (Å²) in [6.07, 6.45) is 4.08. The number of carbonyl (C=O) groups excluding carboxylic acids is 1. The number of carbonyl (C=O) groups is 1. The van der Waals surface area contributed by atoms with E-state index < -0.39 is 0 Å². The number of nitrogens with zero attached hydrogens (tertiary/aromatic N) is 1. The van der Waals surface area contributed by atoms with Crippen LogP contribution >= 0.6 is 0 Å². The second-order valence-corrected chi connectivity index (χ2v) is 6.99. The van der Waals surface area contributed by atoms with Crippen molar-refractivity contribution in [1.82, 2.24) is 15.5 Å². The van der Waals surface area contributed by atoms with Crippen LogP contribution in [0.15, 0.2) is 12.1 Å². The van der Waals surface area contributed by atoms with Crippen LogP contribution in [-0.2, 0) is 6.54 Å². The molecule has 4 rings (SSSR count). The predicted molar refractivity (Wildman–Crippen MR) is 87.0 cm³/mol. The molecule has 3 aliphatic heterocycles. The van der Waals surface area contributed by atoms with E-state index in [1.54, 1.807) is 0 Å². The van der Waals surface area contributed by atoms with Crippen LogP contribution < -0.4 is 10.6 Å². The summed E-state index contributed by atoms with van der Waals surface area (Å²) in [6, 6.07) is 3.70. The molecule has 2 fully saturated rings. The van der Waals surface area contributed by atoms with Gasteiger partial charge in [-0.3, -0.25) is 4.79 Å². The van der Waals surface area contributed by atoms with Crippen molar-refractivity contribution < 1.29 is 9.18 Å². The number of nitrogens with one attached hydrogen (secondary N) is 2. The molecule has 0 bridgehead atoms. The number of rotatable bonds is 2. The molecule has 2 N–H and O–H groups in total. The summed E-state index contributed by atoms with van der Waals surface area (Å²) in [5, 5.41) is 6.68. The second kappa shape index (κ2) is 6.21. The van der Waals surface area contributed by atoms with Crippen LogP contribution in [0.2, 0.25) is 0 Å². The predicted octanol–water partition coefficient (Wildman–Crippen LogP) is 2.00. The molecular weight excluding hydrogens is 293 g/mol. The standard InChI is InChI=1S/C18H24FN3O/c19-17-9-16-13(8-15(17)12-3-6-20-7-4-12)11-22(18(16)23)14-2-1-5-21-10-14/h8-9,12,14,20-21H,1-7,10-11H2. The first-order valence-corrected chi connectivity index (χ1v) is 8.79. The van der Waals surface area contributed by atoms with Crippen molar-refractivity contribution in [2.24, 2.45) is 0 Å². The topological polar surface area (TPSA) is 44.4 Å². The Labute approximate surface area is 136 Å². The number of amides is 1. The molecule has 4 nitrogen and oxygen atoms in total. The molecule has 1 amide bonds. The number of hydrogen-bond acceptors (Lipinski definition) is 3. The van der Waals surface area contributed by atoms with Gasteiger partial charge in [0, 0.05) is 24.7 Å². The molecule has 3 heterocycles. The monoisotopic (exact) mass is 317 g/mol. The summed E-state index contributed by atoms with van der Waals surface area (Å²) < 4.78 is 14.6. The van der Waals surface area contributed by atoms with E-state index in [2.05, 4.69) is 10.6 Å². The fourth-order valence-corrected chi connectivity index (χ4v) is 4.22. The van der Waals surface area contributed by atoms with Crippen molar-refractivity contribution in [1.29, 1.82) is 0 Å². The Morgan fingerprint density at radius 1 is 1.09 bits per heavy atom. The van der Waals surface area contributed by atoms with E-state index in [9.17, 15) is 9.18 Å². The van der Waals surface area contributed by atoms with Gasteiger partial charge in [-0.15, -0.1) is 0 Å². The van der Waals surface area contributed by atoms with E-state index in [-0.39, 0.29) is 23.7 Å².